The lowest BCUT2D eigenvalue weighted by molar-refractivity contribution is -0.164. The van der Waals surface area contributed by atoms with Gasteiger partial charge < -0.3 is 49.6 Å². The Kier molecular flexibility index (Phi) is 19.6. The molecule has 4 N–H and O–H groups in total. The Labute approximate surface area is 586 Å². The maximum absolute atomic E-state index is 14.3. The van der Waals surface area contributed by atoms with E-state index in [2.05, 4.69) is 142 Å². The number of aromatic hydroxyl groups is 2. The second kappa shape index (κ2) is 26.9. The minimum atomic E-state index is -0.912. The zero-order valence-corrected chi connectivity index (χ0v) is 61.2. The number of nitrogens with zero attached hydrogens (tertiary/aromatic N) is 2. The zero-order chi connectivity index (χ0) is 70.9. The number of nitrogens with one attached hydrogen (secondary N) is 2. The Bertz CT molecular complexity index is 3740. The molecule has 4 aliphatic heterocycles. The molecule has 6 aromatic rings. The summed E-state index contributed by atoms with van der Waals surface area (Å²) in [4.78, 5) is 85.6. The van der Waals surface area contributed by atoms with Crippen LogP contribution in [-0.2, 0) is 98.4 Å². The molecule has 4 heterocycles. The largest absolute Gasteiger partial charge is 0.507 e. The van der Waals surface area contributed by atoms with Crippen molar-refractivity contribution < 1.29 is 57.9 Å². The number of phenols is 2. The fourth-order valence-electron chi connectivity index (χ4n) is 14.0. The van der Waals surface area contributed by atoms with Crippen LogP contribution in [-0.4, -0.2) is 126 Å². The summed E-state index contributed by atoms with van der Waals surface area (Å²) in [7, 11) is 0. The number of carbonyl (C=O) groups excluding carboxylic acids is 6. The van der Waals surface area contributed by atoms with E-state index in [-0.39, 0.29) is 122 Å². The highest BCUT2D eigenvalue weighted by Crippen LogP contribution is 2.53. The van der Waals surface area contributed by atoms with E-state index in [1.165, 1.54) is 33.3 Å². The number of phenolic OH excluding ortho intramolecular Hbond substituents is 2. The van der Waals surface area contributed by atoms with Gasteiger partial charge in [0.05, 0.1) is 12.8 Å². The summed E-state index contributed by atoms with van der Waals surface area (Å²) in [6, 6.07) is 32.1. The molecule has 6 unspecified atom stereocenters. The van der Waals surface area contributed by atoms with Gasteiger partial charge in [-0.2, -0.15) is 0 Å². The lowest BCUT2D eigenvalue weighted by Gasteiger charge is -2.44. The molecule has 4 amide bonds. The van der Waals surface area contributed by atoms with Crippen LogP contribution in [0, 0.1) is 0 Å². The molecule has 8 bridgehead atoms. The van der Waals surface area contributed by atoms with Crippen molar-refractivity contribution in [3.8, 4) is 23.0 Å². The molecule has 0 spiro atoms. The van der Waals surface area contributed by atoms with E-state index in [0.717, 1.165) is 55.6 Å². The number of fused-ring (bicyclic) bond motifs is 10. The van der Waals surface area contributed by atoms with Crippen molar-refractivity contribution in [2.24, 2.45) is 0 Å². The van der Waals surface area contributed by atoms with Crippen LogP contribution >= 0.6 is 23.5 Å². The molecule has 18 heteroatoms. The molecule has 16 nitrogen and oxygen atoms in total. The normalized spacial score (nSPS) is 20.9. The molecule has 520 valence electrons. The molecule has 5 aliphatic rings. The van der Waals surface area contributed by atoms with Crippen molar-refractivity contribution in [2.75, 3.05) is 26.4 Å². The third-order valence-corrected chi connectivity index (χ3v) is 22.7. The summed E-state index contributed by atoms with van der Waals surface area (Å²) in [5.41, 5.74) is 9.97. The quantitative estimate of drug-likeness (QED) is 0.0403. The SMILES string of the molecule is CC(C)(C)c1cc2c(O)c(c1)Cc1cc(C(C)(C)C)cc(c1OCCOC(=O)C1N3C(=O)C(NC(=O)Cc4ccccc4)C3SC1(C)C)Cc1cc(C(C)(C)C)cc(c1O)Cc1cc(C(C)(C)C)cc(c1OCCOC(=O)C1N3C(=O)C(NC(=O)Cc4ccccc4)C3SC1(C)C)C2. The Morgan fingerprint density at radius 1 is 0.449 bits per heavy atom. The van der Waals surface area contributed by atoms with Gasteiger partial charge in [0.25, 0.3) is 0 Å². The van der Waals surface area contributed by atoms with Gasteiger partial charge in [-0.05, 0) is 127 Å². The minimum Gasteiger partial charge on any atom is -0.507 e. The van der Waals surface area contributed by atoms with E-state index in [9.17, 15) is 39.0 Å². The lowest BCUT2D eigenvalue weighted by atomic mass is 9.79. The maximum atomic E-state index is 14.3. The van der Waals surface area contributed by atoms with Crippen LogP contribution in [0.5, 0.6) is 23.0 Å². The Balaban J connectivity index is 0.905. The predicted molar refractivity (Wildman–Crippen MR) is 384 cm³/mol. The average molecular weight is 1370 g/mol. The van der Waals surface area contributed by atoms with E-state index in [0.29, 0.717) is 33.8 Å². The predicted octanol–water partition coefficient (Wildman–Crippen LogP) is 12.4. The van der Waals surface area contributed by atoms with Gasteiger partial charge >= 0.3 is 11.9 Å². The number of β-lactam (4-membered cyclic amide) rings is 2. The molecular weight excluding hydrogens is 1270 g/mol. The van der Waals surface area contributed by atoms with Crippen molar-refractivity contribution in [1.82, 2.24) is 20.4 Å². The van der Waals surface area contributed by atoms with Crippen LogP contribution in [0.3, 0.4) is 0 Å². The smallest absolute Gasteiger partial charge is 0.330 e. The summed E-state index contributed by atoms with van der Waals surface area (Å²) in [6.07, 6.45) is 1.18. The summed E-state index contributed by atoms with van der Waals surface area (Å²) in [5, 5.41) is 30.9. The first kappa shape index (κ1) is 71.3. The summed E-state index contributed by atoms with van der Waals surface area (Å²) >= 11 is 2.93. The molecule has 0 aromatic heterocycles. The molecule has 6 aromatic carbocycles. The van der Waals surface area contributed by atoms with Crippen LogP contribution in [0.25, 0.3) is 0 Å². The van der Waals surface area contributed by atoms with Crippen LogP contribution in [0.1, 0.15) is 189 Å². The van der Waals surface area contributed by atoms with E-state index in [4.69, 9.17) is 18.9 Å². The van der Waals surface area contributed by atoms with Crippen molar-refractivity contribution >= 4 is 59.1 Å². The van der Waals surface area contributed by atoms with E-state index in [1.807, 2.05) is 88.4 Å². The minimum absolute atomic E-state index is 0.0604. The second-order valence-corrected chi connectivity index (χ2v) is 35.7. The summed E-state index contributed by atoms with van der Waals surface area (Å²) in [6.45, 7) is 33.0. The monoisotopic (exact) mass is 1370 g/mol. The van der Waals surface area contributed by atoms with Crippen molar-refractivity contribution in [2.45, 2.75) is 215 Å². The number of amides is 4. The molecule has 98 heavy (non-hydrogen) atoms. The number of hydrogen-bond donors (Lipinski definition) is 4. The number of rotatable bonds is 16. The van der Waals surface area contributed by atoms with Gasteiger partial charge in [-0.3, -0.25) is 19.2 Å². The molecule has 11 rings (SSSR count). The fraction of sp³-hybridized carbons (Fsp3) is 0.475. The van der Waals surface area contributed by atoms with Crippen molar-refractivity contribution in [3.63, 3.8) is 0 Å². The van der Waals surface area contributed by atoms with Crippen molar-refractivity contribution in [3.05, 3.63) is 187 Å². The fourth-order valence-corrected chi connectivity index (χ4v) is 17.3. The molecular formula is C80H96N4O12S2. The molecule has 1 aliphatic carbocycles. The summed E-state index contributed by atoms with van der Waals surface area (Å²) in [5.74, 6) is -1.09. The van der Waals surface area contributed by atoms with Gasteiger partial charge in [0.15, 0.2) is 0 Å². The first-order chi connectivity index (χ1) is 45.9. The topological polar surface area (TPSA) is 210 Å². The van der Waals surface area contributed by atoms with E-state index < -0.39 is 56.3 Å². The first-order valence-corrected chi connectivity index (χ1v) is 35.9. The number of ether oxygens (including phenoxy) is 4. The average Bonchev–Trinajstić information content (AvgIpc) is 1.56. The zero-order valence-electron chi connectivity index (χ0n) is 59.6. The Morgan fingerprint density at radius 3 is 1.00 bits per heavy atom. The highest BCUT2D eigenvalue weighted by Gasteiger charge is 2.66. The number of esters is 2. The number of benzene rings is 6. The first-order valence-electron chi connectivity index (χ1n) is 34.2. The highest BCUT2D eigenvalue weighted by molar-refractivity contribution is 8.02. The van der Waals surface area contributed by atoms with Gasteiger partial charge in [0.1, 0.15) is 84.3 Å². The molecule has 4 saturated heterocycles. The number of hydrogen-bond acceptors (Lipinski definition) is 14. The molecule has 0 saturated carbocycles. The van der Waals surface area contributed by atoms with Gasteiger partial charge in [0, 0.05) is 35.2 Å². The van der Waals surface area contributed by atoms with Gasteiger partial charge in [-0.15, -0.1) is 23.5 Å². The van der Waals surface area contributed by atoms with Crippen LogP contribution < -0.4 is 20.1 Å². The third kappa shape index (κ3) is 14.8. The second-order valence-electron chi connectivity index (χ2n) is 32.2. The highest BCUT2D eigenvalue weighted by atomic mass is 32.2. The maximum Gasteiger partial charge on any atom is 0.330 e. The lowest BCUT2D eigenvalue weighted by Crippen LogP contribution is -2.70. The standard InChI is InChI=1S/C80H96N4O12S2/c1-75(2,3)55-37-47-33-51-41-57(77(7,8)9)43-53(65(51)93-27-29-95-73(91)67-79(13,14)97-71-61(69(89)83(67)71)81-59(85)31-45-23-19-17-20-24-45)35-49-39-56(76(4,5)6)40-50(64(49)88)36-54-44-58(78(10,11)12)42-52(34-48(38-55)63(47)87)66(54)94-28-30-96-74(92)68-80(15,16)98-72-62(70(90)84(68)72)82-60(86)32-46-25-21-18-22-26-46/h17-26,37-44,61-62,67-68,71-72,87-88H,27-36H2,1-16H3,(H,81,85)(H,82,86). The molecule has 0 radical (unpaired) electrons. The van der Waals surface area contributed by atoms with Crippen LogP contribution in [0.15, 0.2) is 109 Å². The Morgan fingerprint density at radius 2 is 0.724 bits per heavy atom. The molecule has 4 fully saturated rings. The van der Waals surface area contributed by atoms with Gasteiger partial charge in [0.2, 0.25) is 23.6 Å². The van der Waals surface area contributed by atoms with Gasteiger partial charge in [-0.25, -0.2) is 9.59 Å². The summed E-state index contributed by atoms with van der Waals surface area (Å²) < 4.78 is 24.6. The van der Waals surface area contributed by atoms with Crippen molar-refractivity contribution in [1.29, 1.82) is 0 Å². The van der Waals surface area contributed by atoms with Crippen LogP contribution in [0.2, 0.25) is 0 Å². The Hall–Kier alpha value is -7.96. The van der Waals surface area contributed by atoms with E-state index in [1.54, 1.807) is 0 Å². The van der Waals surface area contributed by atoms with Crippen LogP contribution in [0.4, 0.5) is 0 Å². The van der Waals surface area contributed by atoms with Gasteiger partial charge in [-0.1, -0.05) is 192 Å². The third-order valence-electron chi connectivity index (χ3n) is 19.5. The van der Waals surface area contributed by atoms with E-state index >= 15 is 0 Å². The number of carbonyl (C=O) groups is 6. The number of thioether (sulfide) groups is 2. The molecule has 6 atom stereocenters.